The Morgan fingerprint density at radius 1 is 1.13 bits per heavy atom. The molecule has 0 aromatic heterocycles. The summed E-state index contributed by atoms with van der Waals surface area (Å²) in [4.78, 5) is 25.0. The highest BCUT2D eigenvalue weighted by Gasteiger charge is 2.65. The van der Waals surface area contributed by atoms with Crippen LogP contribution in [0.4, 0.5) is 0 Å². The number of carbonyl (C=O) groups is 2. The summed E-state index contributed by atoms with van der Waals surface area (Å²) >= 11 is 0. The minimum absolute atomic E-state index is 0.0206. The van der Waals surface area contributed by atoms with Crippen LogP contribution >= 0.6 is 0 Å². The average molecular weight is 416 g/mol. The van der Waals surface area contributed by atoms with Crippen molar-refractivity contribution in [1.29, 1.82) is 0 Å². The van der Waals surface area contributed by atoms with Crippen LogP contribution in [0.5, 0.6) is 0 Å². The van der Waals surface area contributed by atoms with E-state index in [0.29, 0.717) is 30.5 Å². The third-order valence-electron chi connectivity index (χ3n) is 9.65. The second-order valence-corrected chi connectivity index (χ2v) is 11.1. The first-order valence-electron chi connectivity index (χ1n) is 12.5. The highest BCUT2D eigenvalue weighted by Crippen LogP contribution is 2.64. The van der Waals surface area contributed by atoms with Crippen molar-refractivity contribution in [2.45, 2.75) is 116 Å². The van der Waals surface area contributed by atoms with Crippen molar-refractivity contribution in [1.82, 2.24) is 0 Å². The highest BCUT2D eigenvalue weighted by atomic mass is 16.5. The molecule has 3 saturated carbocycles. The Bertz CT molecular complexity index is 730. The van der Waals surface area contributed by atoms with Gasteiger partial charge in [-0.3, -0.25) is 9.59 Å². The Labute approximate surface area is 182 Å². The van der Waals surface area contributed by atoms with Gasteiger partial charge in [0, 0.05) is 30.2 Å². The molecule has 2 N–H and O–H groups in total. The molecule has 6 atom stereocenters. The van der Waals surface area contributed by atoms with Gasteiger partial charge in [-0.1, -0.05) is 51.7 Å². The van der Waals surface area contributed by atoms with Gasteiger partial charge in [-0.05, 0) is 62.2 Å². The zero-order chi connectivity index (χ0) is 21.6. The van der Waals surface area contributed by atoms with E-state index in [4.69, 9.17) is 10.5 Å². The topological polar surface area (TPSA) is 69.4 Å². The molecule has 0 bridgehead atoms. The molecule has 4 nitrogen and oxygen atoms in total. The number of esters is 1. The van der Waals surface area contributed by atoms with Crippen LogP contribution in [0.25, 0.3) is 0 Å². The van der Waals surface area contributed by atoms with Crippen molar-refractivity contribution < 1.29 is 14.3 Å². The lowest BCUT2D eigenvalue weighted by molar-refractivity contribution is -0.151. The van der Waals surface area contributed by atoms with Crippen LogP contribution in [0, 0.1) is 22.7 Å². The number of allylic oxidation sites excluding steroid dienone is 1. The van der Waals surface area contributed by atoms with E-state index in [0.717, 1.165) is 57.8 Å². The second-order valence-electron chi connectivity index (χ2n) is 11.1. The lowest BCUT2D eigenvalue weighted by Crippen LogP contribution is -2.65. The molecule has 4 rings (SSSR count). The van der Waals surface area contributed by atoms with E-state index in [1.54, 1.807) is 0 Å². The van der Waals surface area contributed by atoms with E-state index in [1.165, 1.54) is 18.4 Å². The van der Waals surface area contributed by atoms with E-state index in [2.05, 4.69) is 26.8 Å². The van der Waals surface area contributed by atoms with Gasteiger partial charge in [-0.25, -0.2) is 0 Å². The standard InChI is InChI=1S/C26H41NO3/c1-4-5-6-7-8-23(29)30-19-11-14-24(2)18(17-19)9-10-21-20(24)12-15-25(3)22(28)13-16-26(21,25)27/h9,19-21H,4-8,10-17,27H2,1-3H3/t19-,20-,21?,24-,25+,26+/m0/s1. The molecule has 4 aliphatic carbocycles. The number of carbonyl (C=O) groups excluding carboxylic acids is 2. The Balaban J connectivity index is 1.43. The van der Waals surface area contributed by atoms with Gasteiger partial charge in [0.2, 0.25) is 0 Å². The van der Waals surface area contributed by atoms with Crippen LogP contribution in [0.2, 0.25) is 0 Å². The molecular formula is C26H41NO3. The SMILES string of the molecule is CCCCCCC(=O)O[C@H]1CC[C@@]2(C)C(=CCC3[C@@H]2CC[C@]2(C)C(=O)CC[C@@]32N)C1. The monoisotopic (exact) mass is 415 g/mol. The molecule has 0 amide bonds. The molecule has 4 aliphatic rings. The molecule has 168 valence electrons. The van der Waals surface area contributed by atoms with Gasteiger partial charge >= 0.3 is 5.97 Å². The number of rotatable bonds is 6. The van der Waals surface area contributed by atoms with Gasteiger partial charge in [-0.15, -0.1) is 0 Å². The minimum atomic E-state index is -0.347. The van der Waals surface area contributed by atoms with Crippen molar-refractivity contribution in [2.24, 2.45) is 28.4 Å². The summed E-state index contributed by atoms with van der Waals surface area (Å²) in [5.41, 5.74) is 8.01. The van der Waals surface area contributed by atoms with Crippen LogP contribution < -0.4 is 5.73 Å². The first-order chi connectivity index (χ1) is 14.2. The molecule has 0 aromatic carbocycles. The van der Waals surface area contributed by atoms with Gasteiger partial charge in [-0.2, -0.15) is 0 Å². The highest BCUT2D eigenvalue weighted by molar-refractivity contribution is 5.89. The predicted molar refractivity (Wildman–Crippen MR) is 119 cm³/mol. The Morgan fingerprint density at radius 2 is 1.93 bits per heavy atom. The fraction of sp³-hybridized carbons (Fsp3) is 0.846. The lowest BCUT2D eigenvalue weighted by Gasteiger charge is -2.60. The molecule has 1 unspecified atom stereocenters. The molecule has 0 radical (unpaired) electrons. The van der Waals surface area contributed by atoms with E-state index in [9.17, 15) is 9.59 Å². The van der Waals surface area contributed by atoms with Crippen molar-refractivity contribution in [3.8, 4) is 0 Å². The maximum absolute atomic E-state index is 12.7. The van der Waals surface area contributed by atoms with E-state index < -0.39 is 0 Å². The van der Waals surface area contributed by atoms with Crippen LogP contribution in [0.15, 0.2) is 11.6 Å². The number of ether oxygens (including phenoxy) is 1. The van der Waals surface area contributed by atoms with Gasteiger partial charge in [0.15, 0.2) is 0 Å². The predicted octanol–water partition coefficient (Wildman–Crippen LogP) is 5.48. The van der Waals surface area contributed by atoms with Crippen LogP contribution in [0.1, 0.15) is 104 Å². The molecule has 30 heavy (non-hydrogen) atoms. The number of Topliss-reactive ketones (excluding diaryl/α,β-unsaturated/α-hetero) is 1. The fourth-order valence-electron chi connectivity index (χ4n) is 7.49. The Hall–Kier alpha value is -1.16. The molecule has 0 heterocycles. The number of hydrogen-bond donors (Lipinski definition) is 1. The number of fused-ring (bicyclic) bond motifs is 5. The smallest absolute Gasteiger partial charge is 0.306 e. The zero-order valence-corrected chi connectivity index (χ0v) is 19.3. The van der Waals surface area contributed by atoms with E-state index in [-0.39, 0.29) is 28.4 Å². The van der Waals surface area contributed by atoms with Crippen molar-refractivity contribution in [3.05, 3.63) is 11.6 Å². The Morgan fingerprint density at radius 3 is 2.70 bits per heavy atom. The lowest BCUT2D eigenvalue weighted by atomic mass is 9.45. The normalized spacial score (nSPS) is 42.7. The summed E-state index contributed by atoms with van der Waals surface area (Å²) in [6.45, 7) is 6.74. The summed E-state index contributed by atoms with van der Waals surface area (Å²) in [6.07, 6.45) is 14.8. The quantitative estimate of drug-likeness (QED) is 0.354. The molecule has 4 heteroatoms. The number of unbranched alkanes of at least 4 members (excludes halogenated alkanes) is 3. The maximum Gasteiger partial charge on any atom is 0.306 e. The van der Waals surface area contributed by atoms with Crippen LogP contribution in [-0.2, 0) is 14.3 Å². The zero-order valence-electron chi connectivity index (χ0n) is 19.3. The molecule has 0 saturated heterocycles. The average Bonchev–Trinajstić information content (AvgIpc) is 2.96. The summed E-state index contributed by atoms with van der Waals surface area (Å²) in [5, 5.41) is 0. The molecule has 0 spiro atoms. The van der Waals surface area contributed by atoms with Gasteiger partial charge in [0.05, 0.1) is 0 Å². The van der Waals surface area contributed by atoms with Gasteiger partial charge < -0.3 is 10.5 Å². The van der Waals surface area contributed by atoms with Gasteiger partial charge in [0.25, 0.3) is 0 Å². The third-order valence-corrected chi connectivity index (χ3v) is 9.65. The van der Waals surface area contributed by atoms with Crippen LogP contribution in [0.3, 0.4) is 0 Å². The summed E-state index contributed by atoms with van der Waals surface area (Å²) < 4.78 is 5.87. The summed E-state index contributed by atoms with van der Waals surface area (Å²) in [6, 6.07) is 0. The summed E-state index contributed by atoms with van der Waals surface area (Å²) in [5.74, 6) is 1.31. The van der Waals surface area contributed by atoms with Gasteiger partial charge in [0.1, 0.15) is 11.9 Å². The molecule has 0 aliphatic heterocycles. The summed E-state index contributed by atoms with van der Waals surface area (Å²) in [7, 11) is 0. The number of ketones is 1. The second kappa shape index (κ2) is 8.07. The first kappa shape index (κ1) is 22.0. The van der Waals surface area contributed by atoms with E-state index in [1.807, 2.05) is 0 Å². The molecule has 3 fully saturated rings. The van der Waals surface area contributed by atoms with Crippen LogP contribution in [-0.4, -0.2) is 23.4 Å². The Kier molecular flexibility index (Phi) is 5.93. The fourth-order valence-corrected chi connectivity index (χ4v) is 7.49. The molecular weight excluding hydrogens is 374 g/mol. The van der Waals surface area contributed by atoms with Crippen molar-refractivity contribution in [3.63, 3.8) is 0 Å². The first-order valence-corrected chi connectivity index (χ1v) is 12.5. The maximum atomic E-state index is 12.7. The minimum Gasteiger partial charge on any atom is -0.462 e. The number of nitrogens with two attached hydrogens (primary N) is 1. The number of hydrogen-bond acceptors (Lipinski definition) is 4. The van der Waals surface area contributed by atoms with Crippen molar-refractivity contribution >= 4 is 11.8 Å². The largest absolute Gasteiger partial charge is 0.462 e. The third kappa shape index (κ3) is 3.38. The van der Waals surface area contributed by atoms with E-state index >= 15 is 0 Å². The molecule has 0 aromatic rings. The van der Waals surface area contributed by atoms with Crippen molar-refractivity contribution in [2.75, 3.05) is 0 Å².